The summed E-state index contributed by atoms with van der Waals surface area (Å²) in [5, 5.41) is 0. The second-order valence-corrected chi connectivity index (χ2v) is 11.4. The maximum atomic E-state index is 6.79. The van der Waals surface area contributed by atoms with Crippen molar-refractivity contribution in [1.29, 1.82) is 0 Å². The van der Waals surface area contributed by atoms with Gasteiger partial charge in [0.05, 0.1) is 18.3 Å². The fourth-order valence-corrected chi connectivity index (χ4v) is 9.69. The van der Waals surface area contributed by atoms with Gasteiger partial charge in [0.25, 0.3) is 0 Å². The largest absolute Gasteiger partial charge is 0.378 e. The van der Waals surface area contributed by atoms with Crippen molar-refractivity contribution in [2.75, 3.05) is 6.61 Å². The lowest BCUT2D eigenvalue weighted by Crippen LogP contribution is -2.54. The molecule has 7 fully saturated rings. The fourth-order valence-electron chi connectivity index (χ4n) is 9.69. The fraction of sp³-hybridized carbons (Fsp3) is 1.00. The second kappa shape index (κ2) is 6.73. The molecule has 7 rings (SSSR count). The van der Waals surface area contributed by atoms with Crippen LogP contribution in [0.15, 0.2) is 0 Å². The van der Waals surface area contributed by atoms with E-state index in [9.17, 15) is 0 Å². The number of fused-ring (bicyclic) bond motifs is 5. The van der Waals surface area contributed by atoms with E-state index >= 15 is 0 Å². The highest BCUT2D eigenvalue weighted by atomic mass is 16.5. The van der Waals surface area contributed by atoms with Gasteiger partial charge in [-0.2, -0.15) is 0 Å². The molecule has 7 aliphatic carbocycles. The molecule has 0 saturated heterocycles. The predicted octanol–water partition coefficient (Wildman–Crippen LogP) is 5.69. The van der Waals surface area contributed by atoms with Crippen LogP contribution in [0.3, 0.4) is 0 Å². The van der Waals surface area contributed by atoms with E-state index in [-0.39, 0.29) is 0 Å². The maximum Gasteiger partial charge on any atom is 0.0631 e. The summed E-state index contributed by atoms with van der Waals surface area (Å²) in [6.45, 7) is 5.50. The summed E-state index contributed by atoms with van der Waals surface area (Å²) in [7, 11) is 0. The van der Waals surface area contributed by atoms with Gasteiger partial charge in [0, 0.05) is 6.61 Å². The van der Waals surface area contributed by atoms with E-state index in [1.165, 1.54) is 64.2 Å². The van der Waals surface area contributed by atoms with Gasteiger partial charge in [-0.15, -0.1) is 0 Å². The van der Waals surface area contributed by atoms with E-state index in [1.54, 1.807) is 0 Å². The first-order chi connectivity index (χ1) is 13.2. The zero-order chi connectivity index (χ0) is 18.1. The van der Waals surface area contributed by atoms with Crippen molar-refractivity contribution in [3.8, 4) is 0 Å². The van der Waals surface area contributed by atoms with Gasteiger partial charge >= 0.3 is 0 Å². The summed E-state index contributed by atoms with van der Waals surface area (Å²) >= 11 is 0. The third-order valence-electron chi connectivity index (χ3n) is 10.3. The summed E-state index contributed by atoms with van der Waals surface area (Å²) < 4.78 is 13.0. The van der Waals surface area contributed by atoms with Gasteiger partial charge in [-0.25, -0.2) is 0 Å². The third-order valence-corrected chi connectivity index (χ3v) is 10.3. The first-order valence-electron chi connectivity index (χ1n) is 12.5. The molecule has 0 aromatic rings. The van der Waals surface area contributed by atoms with Crippen LogP contribution < -0.4 is 0 Å². The topological polar surface area (TPSA) is 18.5 Å². The van der Waals surface area contributed by atoms with Crippen LogP contribution in [0.2, 0.25) is 0 Å². The monoisotopic (exact) mass is 372 g/mol. The Labute approximate surface area is 166 Å². The van der Waals surface area contributed by atoms with Crippen molar-refractivity contribution in [2.45, 2.75) is 96.4 Å². The molecule has 0 heterocycles. The normalized spacial score (nSPS) is 56.0. The van der Waals surface area contributed by atoms with E-state index < -0.39 is 0 Å². The molecule has 7 aliphatic rings. The Morgan fingerprint density at radius 2 is 1.48 bits per heavy atom. The van der Waals surface area contributed by atoms with Crippen molar-refractivity contribution in [1.82, 2.24) is 0 Å². The first-order valence-corrected chi connectivity index (χ1v) is 12.5. The highest BCUT2D eigenvalue weighted by Gasteiger charge is 2.56. The smallest absolute Gasteiger partial charge is 0.0631 e. The second-order valence-electron chi connectivity index (χ2n) is 11.4. The lowest BCUT2D eigenvalue weighted by atomic mass is 9.50. The molecule has 2 nitrogen and oxygen atoms in total. The number of ether oxygens (including phenoxy) is 2. The molecule has 6 bridgehead atoms. The average Bonchev–Trinajstić information content (AvgIpc) is 3.32. The van der Waals surface area contributed by atoms with E-state index in [1.807, 2.05) is 0 Å². The van der Waals surface area contributed by atoms with E-state index in [0.717, 1.165) is 59.9 Å². The maximum absolute atomic E-state index is 6.79. The summed E-state index contributed by atoms with van der Waals surface area (Å²) in [4.78, 5) is 0. The van der Waals surface area contributed by atoms with Crippen molar-refractivity contribution in [3.05, 3.63) is 0 Å². The molecular weight excluding hydrogens is 332 g/mol. The SMILES string of the molecule is CCOC1C2CC3CC1CC(C2)C3C[C@H](C)OC1CC2CC1C1CCCC21. The van der Waals surface area contributed by atoms with Crippen LogP contribution >= 0.6 is 0 Å². The molecule has 0 aromatic carbocycles. The van der Waals surface area contributed by atoms with Gasteiger partial charge in [0.1, 0.15) is 0 Å². The van der Waals surface area contributed by atoms with Crippen LogP contribution in [0, 0.1) is 53.3 Å². The quantitative estimate of drug-likeness (QED) is 0.596. The molecule has 0 aromatic heterocycles. The van der Waals surface area contributed by atoms with Crippen molar-refractivity contribution >= 4 is 0 Å². The Morgan fingerprint density at radius 3 is 2.19 bits per heavy atom. The molecule has 0 aliphatic heterocycles. The Balaban J connectivity index is 1.06. The molecule has 0 N–H and O–H groups in total. The molecule has 6 atom stereocenters. The molecule has 27 heavy (non-hydrogen) atoms. The van der Waals surface area contributed by atoms with E-state index in [0.29, 0.717) is 18.3 Å². The highest BCUT2D eigenvalue weighted by molar-refractivity contribution is 5.05. The van der Waals surface area contributed by atoms with Gasteiger partial charge < -0.3 is 9.47 Å². The highest BCUT2D eigenvalue weighted by Crippen LogP contribution is 2.61. The Hall–Kier alpha value is -0.0800. The first kappa shape index (κ1) is 17.8. The van der Waals surface area contributed by atoms with Gasteiger partial charge in [-0.05, 0) is 125 Å². The molecule has 7 saturated carbocycles. The number of hydrogen-bond acceptors (Lipinski definition) is 2. The molecule has 152 valence electrons. The zero-order valence-electron chi connectivity index (χ0n) is 17.5. The van der Waals surface area contributed by atoms with E-state index in [2.05, 4.69) is 13.8 Å². The van der Waals surface area contributed by atoms with Crippen molar-refractivity contribution < 1.29 is 9.47 Å². The summed E-state index contributed by atoms with van der Waals surface area (Å²) in [6.07, 6.45) is 16.3. The number of rotatable bonds is 6. The van der Waals surface area contributed by atoms with Gasteiger partial charge in [-0.1, -0.05) is 6.42 Å². The van der Waals surface area contributed by atoms with E-state index in [4.69, 9.17) is 9.47 Å². The minimum absolute atomic E-state index is 0.486. The third kappa shape index (κ3) is 2.79. The predicted molar refractivity (Wildman–Crippen MR) is 107 cm³/mol. The number of hydrogen-bond donors (Lipinski definition) is 0. The van der Waals surface area contributed by atoms with Gasteiger partial charge in [0.2, 0.25) is 0 Å². The molecule has 2 heteroatoms. The lowest BCUT2D eigenvalue weighted by molar-refractivity contribution is -0.156. The minimum Gasteiger partial charge on any atom is -0.378 e. The summed E-state index contributed by atoms with van der Waals surface area (Å²) in [6, 6.07) is 0. The van der Waals surface area contributed by atoms with Gasteiger partial charge in [0.15, 0.2) is 0 Å². The molecule has 0 amide bonds. The Bertz CT molecular complexity index is 529. The average molecular weight is 373 g/mol. The van der Waals surface area contributed by atoms with Crippen molar-refractivity contribution in [2.24, 2.45) is 53.3 Å². The van der Waals surface area contributed by atoms with Crippen molar-refractivity contribution in [3.63, 3.8) is 0 Å². The molecular formula is C25H40O2. The minimum atomic E-state index is 0.486. The van der Waals surface area contributed by atoms with Crippen LogP contribution in [-0.4, -0.2) is 24.9 Å². The summed E-state index contributed by atoms with van der Waals surface area (Å²) in [5.74, 6) is 8.75. The standard InChI is InChI=1S/C25H40O2/c1-3-26-25-18-8-15-9-19(25)11-16(10-18)22(15)7-14(2)27-24-13-17-12-23(24)21-6-4-5-20(17)21/h14-25H,3-13H2,1-2H3/t14-,15?,16?,17?,18?,19?,20?,21?,22?,23?,24?,25?/m0/s1. The van der Waals surface area contributed by atoms with Crippen LogP contribution in [0.4, 0.5) is 0 Å². The Morgan fingerprint density at radius 1 is 0.778 bits per heavy atom. The molecule has 0 radical (unpaired) electrons. The van der Waals surface area contributed by atoms with Crippen LogP contribution in [0.5, 0.6) is 0 Å². The van der Waals surface area contributed by atoms with Gasteiger partial charge in [-0.3, -0.25) is 0 Å². The van der Waals surface area contributed by atoms with Crippen LogP contribution in [0.1, 0.15) is 78.1 Å². The lowest BCUT2D eigenvalue weighted by Gasteiger charge is -2.58. The zero-order valence-corrected chi connectivity index (χ0v) is 17.5. The molecule has 5 unspecified atom stereocenters. The Kier molecular flexibility index (Phi) is 4.42. The van der Waals surface area contributed by atoms with Crippen LogP contribution in [-0.2, 0) is 9.47 Å². The molecule has 0 spiro atoms. The summed E-state index contributed by atoms with van der Waals surface area (Å²) in [5.41, 5.74) is 0. The van der Waals surface area contributed by atoms with Crippen LogP contribution in [0.25, 0.3) is 0 Å².